The predicted octanol–water partition coefficient (Wildman–Crippen LogP) is 2.12. The number of amides is 2. The summed E-state index contributed by atoms with van der Waals surface area (Å²) >= 11 is 0. The topological polar surface area (TPSA) is 61.9 Å². The van der Waals surface area contributed by atoms with E-state index in [1.807, 2.05) is 0 Å². The van der Waals surface area contributed by atoms with E-state index >= 15 is 0 Å². The number of ether oxygens (including phenoxy) is 1. The molecule has 1 aliphatic heterocycles. The van der Waals surface area contributed by atoms with Crippen LogP contribution in [-0.2, 0) is 9.59 Å². The molecule has 2 aromatic carbocycles. The van der Waals surface area contributed by atoms with Crippen molar-refractivity contribution in [3.05, 3.63) is 54.3 Å². The Morgan fingerprint density at radius 1 is 1.04 bits per heavy atom. The molecule has 7 heteroatoms. The van der Waals surface area contributed by atoms with Crippen LogP contribution in [0.3, 0.4) is 0 Å². The summed E-state index contributed by atoms with van der Waals surface area (Å²) in [6.07, 6.45) is 0. The molecule has 0 radical (unpaired) electrons. The molecule has 0 saturated carbocycles. The van der Waals surface area contributed by atoms with Crippen molar-refractivity contribution in [3.63, 3.8) is 0 Å². The van der Waals surface area contributed by atoms with E-state index in [0.29, 0.717) is 37.6 Å². The Kier molecular flexibility index (Phi) is 5.36. The third kappa shape index (κ3) is 4.11. The Labute approximate surface area is 151 Å². The van der Waals surface area contributed by atoms with Crippen LogP contribution in [0, 0.1) is 5.82 Å². The van der Waals surface area contributed by atoms with Gasteiger partial charge in [-0.3, -0.25) is 9.59 Å². The third-order valence-electron chi connectivity index (χ3n) is 4.28. The van der Waals surface area contributed by atoms with Crippen LogP contribution in [0.4, 0.5) is 15.8 Å². The first-order valence-electron chi connectivity index (χ1n) is 8.31. The molecule has 26 heavy (non-hydrogen) atoms. The first kappa shape index (κ1) is 17.7. The molecule has 6 nitrogen and oxygen atoms in total. The van der Waals surface area contributed by atoms with Crippen LogP contribution in [0.15, 0.2) is 48.5 Å². The molecule has 3 rings (SSSR count). The molecule has 1 saturated heterocycles. The highest BCUT2D eigenvalue weighted by Gasteiger charge is 2.26. The average molecular weight is 357 g/mol. The van der Waals surface area contributed by atoms with Gasteiger partial charge < -0.3 is 19.9 Å². The number of rotatable bonds is 3. The minimum absolute atomic E-state index is 0.281. The molecule has 0 atom stereocenters. The lowest BCUT2D eigenvalue weighted by Crippen LogP contribution is -2.51. The Bertz CT molecular complexity index is 787. The molecule has 1 fully saturated rings. The van der Waals surface area contributed by atoms with E-state index in [9.17, 15) is 14.0 Å². The minimum Gasteiger partial charge on any atom is -0.497 e. The van der Waals surface area contributed by atoms with Gasteiger partial charge in [0.2, 0.25) is 0 Å². The summed E-state index contributed by atoms with van der Waals surface area (Å²) in [5, 5.41) is 2.60. The van der Waals surface area contributed by atoms with Crippen molar-refractivity contribution in [2.45, 2.75) is 0 Å². The predicted molar refractivity (Wildman–Crippen MR) is 96.8 cm³/mol. The molecule has 0 aliphatic carbocycles. The molecule has 2 aromatic rings. The van der Waals surface area contributed by atoms with Gasteiger partial charge in [-0.25, -0.2) is 4.39 Å². The highest BCUT2D eigenvalue weighted by Crippen LogP contribution is 2.18. The summed E-state index contributed by atoms with van der Waals surface area (Å²) in [4.78, 5) is 28.1. The largest absolute Gasteiger partial charge is 0.497 e. The molecule has 0 bridgehead atoms. The Morgan fingerprint density at radius 3 is 2.38 bits per heavy atom. The fraction of sp³-hybridized carbons (Fsp3) is 0.263. The van der Waals surface area contributed by atoms with E-state index in [0.717, 1.165) is 5.69 Å². The van der Waals surface area contributed by atoms with Crippen LogP contribution in [0.2, 0.25) is 0 Å². The molecule has 0 spiro atoms. The van der Waals surface area contributed by atoms with Gasteiger partial charge in [-0.2, -0.15) is 0 Å². The summed E-state index contributed by atoms with van der Waals surface area (Å²) < 4.78 is 18.1. The Balaban J connectivity index is 1.55. The number of piperazine rings is 1. The lowest BCUT2D eigenvalue weighted by molar-refractivity contribution is -0.143. The summed E-state index contributed by atoms with van der Waals surface area (Å²) in [6, 6.07) is 13.1. The van der Waals surface area contributed by atoms with Crippen LogP contribution < -0.4 is 15.0 Å². The van der Waals surface area contributed by atoms with Crippen LogP contribution >= 0.6 is 0 Å². The van der Waals surface area contributed by atoms with Gasteiger partial charge in [0.1, 0.15) is 11.6 Å². The first-order chi connectivity index (χ1) is 12.6. The molecule has 1 N–H and O–H groups in total. The van der Waals surface area contributed by atoms with Gasteiger partial charge in [-0.05, 0) is 36.4 Å². The van der Waals surface area contributed by atoms with Gasteiger partial charge in [0.25, 0.3) is 0 Å². The van der Waals surface area contributed by atoms with Gasteiger partial charge in [0, 0.05) is 43.6 Å². The van der Waals surface area contributed by atoms with E-state index in [-0.39, 0.29) is 5.82 Å². The van der Waals surface area contributed by atoms with Crippen molar-refractivity contribution < 1.29 is 18.7 Å². The summed E-state index contributed by atoms with van der Waals surface area (Å²) in [5.41, 5.74) is 1.41. The number of carbonyl (C=O) groups is 2. The molecule has 0 unspecified atom stereocenters. The molecular formula is C19H20FN3O3. The Hall–Kier alpha value is -3.09. The number of hydrogen-bond acceptors (Lipinski definition) is 4. The van der Waals surface area contributed by atoms with Gasteiger partial charge in [-0.15, -0.1) is 0 Å². The van der Waals surface area contributed by atoms with Crippen LogP contribution in [0.5, 0.6) is 5.75 Å². The highest BCUT2D eigenvalue weighted by atomic mass is 19.1. The quantitative estimate of drug-likeness (QED) is 0.855. The van der Waals surface area contributed by atoms with Gasteiger partial charge in [0.15, 0.2) is 0 Å². The third-order valence-corrected chi connectivity index (χ3v) is 4.28. The minimum atomic E-state index is -0.673. The highest BCUT2D eigenvalue weighted by molar-refractivity contribution is 6.39. The number of methoxy groups -OCH3 is 1. The molecule has 0 aromatic heterocycles. The van der Waals surface area contributed by atoms with E-state index < -0.39 is 11.8 Å². The van der Waals surface area contributed by atoms with Gasteiger partial charge >= 0.3 is 11.8 Å². The van der Waals surface area contributed by atoms with Crippen LogP contribution in [0.1, 0.15) is 0 Å². The van der Waals surface area contributed by atoms with E-state index in [1.54, 1.807) is 36.4 Å². The number of carbonyl (C=O) groups excluding carboxylic acids is 2. The van der Waals surface area contributed by atoms with Crippen LogP contribution in [-0.4, -0.2) is 50.0 Å². The lowest BCUT2D eigenvalue weighted by Gasteiger charge is -2.35. The van der Waals surface area contributed by atoms with Crippen molar-refractivity contribution in [1.29, 1.82) is 0 Å². The SMILES string of the molecule is COc1cccc(NC(=O)C(=O)N2CCN(c3ccc(F)cc3)CC2)c1. The van der Waals surface area contributed by atoms with E-state index in [1.165, 1.54) is 24.1 Å². The maximum atomic E-state index is 13.0. The fourth-order valence-electron chi connectivity index (χ4n) is 2.85. The molecule has 1 aliphatic rings. The second-order valence-electron chi connectivity index (χ2n) is 5.94. The number of benzene rings is 2. The van der Waals surface area contributed by atoms with Crippen LogP contribution in [0.25, 0.3) is 0 Å². The number of nitrogens with zero attached hydrogens (tertiary/aromatic N) is 2. The number of hydrogen-bond donors (Lipinski definition) is 1. The van der Waals surface area contributed by atoms with Crippen molar-refractivity contribution >= 4 is 23.2 Å². The first-order valence-corrected chi connectivity index (χ1v) is 8.31. The van der Waals surface area contributed by atoms with Crippen molar-refractivity contribution in [2.75, 3.05) is 43.5 Å². The summed E-state index contributed by atoms with van der Waals surface area (Å²) in [7, 11) is 1.53. The summed E-state index contributed by atoms with van der Waals surface area (Å²) in [6.45, 7) is 2.04. The molecular weight excluding hydrogens is 337 g/mol. The second kappa shape index (κ2) is 7.86. The van der Waals surface area contributed by atoms with Crippen molar-refractivity contribution in [1.82, 2.24) is 4.90 Å². The van der Waals surface area contributed by atoms with Gasteiger partial charge in [-0.1, -0.05) is 6.07 Å². The van der Waals surface area contributed by atoms with Crippen molar-refractivity contribution in [2.24, 2.45) is 0 Å². The lowest BCUT2D eigenvalue weighted by atomic mass is 10.2. The number of nitrogens with one attached hydrogen (secondary N) is 1. The Morgan fingerprint density at radius 2 is 1.73 bits per heavy atom. The normalized spacial score (nSPS) is 14.1. The maximum Gasteiger partial charge on any atom is 0.313 e. The number of halogens is 1. The summed E-state index contributed by atoms with van der Waals surface area (Å²) in [5.74, 6) is -0.917. The number of anilines is 2. The van der Waals surface area contributed by atoms with E-state index in [4.69, 9.17) is 4.74 Å². The maximum absolute atomic E-state index is 13.0. The van der Waals surface area contributed by atoms with E-state index in [2.05, 4.69) is 10.2 Å². The molecule has 136 valence electrons. The zero-order valence-corrected chi connectivity index (χ0v) is 14.4. The van der Waals surface area contributed by atoms with Gasteiger partial charge in [0.05, 0.1) is 7.11 Å². The average Bonchev–Trinajstić information content (AvgIpc) is 2.68. The standard InChI is InChI=1S/C19H20FN3O3/c1-26-17-4-2-3-15(13-17)21-18(24)19(25)23-11-9-22(10-12-23)16-7-5-14(20)6-8-16/h2-8,13H,9-12H2,1H3,(H,21,24). The fourth-order valence-corrected chi connectivity index (χ4v) is 2.85. The smallest absolute Gasteiger partial charge is 0.313 e. The zero-order chi connectivity index (χ0) is 18.5. The molecule has 1 heterocycles. The second-order valence-corrected chi connectivity index (χ2v) is 5.94. The molecule has 2 amide bonds. The zero-order valence-electron chi connectivity index (χ0n) is 14.4. The van der Waals surface area contributed by atoms with Crippen molar-refractivity contribution in [3.8, 4) is 5.75 Å². The monoisotopic (exact) mass is 357 g/mol.